The fourth-order valence-corrected chi connectivity index (χ4v) is 3.68. The van der Waals surface area contributed by atoms with E-state index in [0.717, 1.165) is 0 Å². The lowest BCUT2D eigenvalue weighted by Gasteiger charge is -2.43. The minimum Gasteiger partial charge on any atom is -0.491 e. The van der Waals surface area contributed by atoms with Crippen molar-refractivity contribution < 1.29 is 47.9 Å². The quantitative estimate of drug-likeness (QED) is 0.385. The van der Waals surface area contributed by atoms with E-state index >= 15 is 0 Å². The van der Waals surface area contributed by atoms with Crippen LogP contribution in [0.25, 0.3) is 11.4 Å². The van der Waals surface area contributed by atoms with Crippen molar-refractivity contribution in [3.05, 3.63) is 42.2 Å². The molecule has 1 aliphatic heterocycles. The Bertz CT molecular complexity index is 1060. The lowest BCUT2D eigenvalue weighted by molar-refractivity contribution is -0.301. The van der Waals surface area contributed by atoms with Crippen LogP contribution in [-0.4, -0.2) is 77.4 Å². The van der Waals surface area contributed by atoms with Gasteiger partial charge in [0.25, 0.3) is 0 Å². The summed E-state index contributed by atoms with van der Waals surface area (Å²) in [5.41, 5.74) is 1.20. The number of aromatic nitrogens is 2. The number of carbonyl (C=O) groups excluding carboxylic acids is 3. The molecule has 0 unspecified atom stereocenters. The average molecular weight is 504 g/mol. The van der Waals surface area contributed by atoms with Crippen LogP contribution in [0.4, 0.5) is 0 Å². The molecule has 2 heterocycles. The first-order valence-corrected chi connectivity index (χ1v) is 11.1. The second-order valence-electron chi connectivity index (χ2n) is 7.87. The van der Waals surface area contributed by atoms with Gasteiger partial charge in [0.15, 0.2) is 30.4 Å². The molecular formula is C24H28N2O10. The molecule has 3 rings (SSSR count). The lowest BCUT2D eigenvalue weighted by atomic mass is 9.98. The van der Waals surface area contributed by atoms with Crippen LogP contribution in [0.2, 0.25) is 0 Å². The van der Waals surface area contributed by atoms with Gasteiger partial charge in [0, 0.05) is 39.6 Å². The number of esters is 3. The summed E-state index contributed by atoms with van der Waals surface area (Å²) in [4.78, 5) is 43.8. The predicted molar refractivity (Wildman–Crippen MR) is 121 cm³/mol. The predicted octanol–water partition coefficient (Wildman–Crippen LogP) is 1.18. The maximum absolute atomic E-state index is 11.8. The number of methoxy groups -OCH3 is 1. The fraction of sp³-hybridized carbons (Fsp3) is 0.458. The fourth-order valence-electron chi connectivity index (χ4n) is 3.68. The standard InChI is InChI=1S/C24H28N2O10/c1-13(28)33-20-19(36-24(31-4)22(35-15(3)30)21(20)34-14(2)29)12-32-18-7-5-16(6-8-18)23-25-10-9-17(11-27)26-23/h5-10,19-22,24,27H,11-12H2,1-4H3/t19-,20-,21+,22-,24+/m1/s1. The van der Waals surface area contributed by atoms with Crippen molar-refractivity contribution in [2.24, 2.45) is 0 Å². The minimum atomic E-state index is -1.19. The Kier molecular flexibility index (Phi) is 9.28. The maximum Gasteiger partial charge on any atom is 0.303 e. The highest BCUT2D eigenvalue weighted by atomic mass is 16.7. The van der Waals surface area contributed by atoms with Crippen LogP contribution in [0, 0.1) is 0 Å². The third kappa shape index (κ3) is 6.97. The molecule has 1 N–H and O–H groups in total. The van der Waals surface area contributed by atoms with Gasteiger partial charge in [-0.05, 0) is 30.3 Å². The summed E-state index contributed by atoms with van der Waals surface area (Å²) in [5.74, 6) is -1.08. The van der Waals surface area contributed by atoms with Crippen molar-refractivity contribution in [1.82, 2.24) is 9.97 Å². The van der Waals surface area contributed by atoms with Crippen LogP contribution < -0.4 is 4.74 Å². The summed E-state index contributed by atoms with van der Waals surface area (Å²) >= 11 is 0. The van der Waals surface area contributed by atoms with Crippen LogP contribution in [0.5, 0.6) is 5.75 Å². The van der Waals surface area contributed by atoms with E-state index in [9.17, 15) is 19.5 Å². The summed E-state index contributed by atoms with van der Waals surface area (Å²) in [7, 11) is 1.34. The molecule has 1 aromatic heterocycles. The molecule has 1 aromatic carbocycles. The number of aliphatic hydroxyl groups excluding tert-OH is 1. The van der Waals surface area contributed by atoms with Gasteiger partial charge in [0.05, 0.1) is 12.3 Å². The normalized spacial score (nSPS) is 23.4. The van der Waals surface area contributed by atoms with Gasteiger partial charge in [-0.2, -0.15) is 0 Å². The third-order valence-electron chi connectivity index (χ3n) is 5.13. The van der Waals surface area contributed by atoms with Crippen LogP contribution in [0.3, 0.4) is 0 Å². The van der Waals surface area contributed by atoms with Crippen molar-refractivity contribution in [3.8, 4) is 17.1 Å². The SMILES string of the molecule is CO[C@H]1O[C@H](COc2ccc(-c3nccc(CO)n3)cc2)[C@@H](OC(C)=O)[C@H](OC(C)=O)[C@H]1OC(C)=O. The molecule has 0 bridgehead atoms. The van der Waals surface area contributed by atoms with E-state index in [-0.39, 0.29) is 13.2 Å². The Balaban J connectivity index is 1.79. The number of hydrogen-bond acceptors (Lipinski definition) is 12. The monoisotopic (exact) mass is 504 g/mol. The highest BCUT2D eigenvalue weighted by Crippen LogP contribution is 2.30. The molecule has 36 heavy (non-hydrogen) atoms. The van der Waals surface area contributed by atoms with Crippen molar-refractivity contribution in [2.45, 2.75) is 58.1 Å². The smallest absolute Gasteiger partial charge is 0.303 e. The number of benzene rings is 1. The Labute approximate surface area is 207 Å². The lowest BCUT2D eigenvalue weighted by Crippen LogP contribution is -2.62. The van der Waals surface area contributed by atoms with E-state index in [2.05, 4.69) is 9.97 Å². The zero-order valence-corrected chi connectivity index (χ0v) is 20.3. The largest absolute Gasteiger partial charge is 0.491 e. The molecule has 0 saturated carbocycles. The molecular weight excluding hydrogens is 476 g/mol. The maximum atomic E-state index is 11.8. The molecule has 0 aliphatic carbocycles. The molecule has 1 saturated heterocycles. The van der Waals surface area contributed by atoms with Crippen LogP contribution in [0.15, 0.2) is 36.5 Å². The van der Waals surface area contributed by atoms with E-state index < -0.39 is 48.6 Å². The number of aliphatic hydroxyl groups is 1. The van der Waals surface area contributed by atoms with Gasteiger partial charge in [-0.15, -0.1) is 0 Å². The molecule has 5 atom stereocenters. The molecule has 12 heteroatoms. The van der Waals surface area contributed by atoms with E-state index in [1.165, 1.54) is 27.9 Å². The van der Waals surface area contributed by atoms with Crippen LogP contribution in [-0.2, 0) is 44.7 Å². The summed E-state index contributed by atoms with van der Waals surface area (Å²) in [6.45, 7) is 3.25. The number of carbonyl (C=O) groups is 3. The zero-order chi connectivity index (χ0) is 26.2. The zero-order valence-electron chi connectivity index (χ0n) is 20.3. The molecule has 2 aromatic rings. The van der Waals surface area contributed by atoms with Crippen molar-refractivity contribution in [2.75, 3.05) is 13.7 Å². The first-order valence-electron chi connectivity index (χ1n) is 11.1. The highest BCUT2D eigenvalue weighted by molar-refractivity contribution is 5.68. The molecule has 0 amide bonds. The first-order chi connectivity index (χ1) is 17.2. The summed E-state index contributed by atoms with van der Waals surface area (Å²) < 4.78 is 33.1. The topological polar surface area (TPSA) is 153 Å². The third-order valence-corrected chi connectivity index (χ3v) is 5.13. The van der Waals surface area contributed by atoms with Crippen molar-refractivity contribution >= 4 is 17.9 Å². The minimum absolute atomic E-state index is 0.113. The van der Waals surface area contributed by atoms with Gasteiger partial charge >= 0.3 is 17.9 Å². The highest BCUT2D eigenvalue weighted by Gasteiger charge is 2.52. The first kappa shape index (κ1) is 27.0. The molecule has 0 radical (unpaired) electrons. The Morgan fingerprint density at radius 3 is 2.11 bits per heavy atom. The van der Waals surface area contributed by atoms with Crippen molar-refractivity contribution in [1.29, 1.82) is 0 Å². The van der Waals surface area contributed by atoms with Gasteiger partial charge in [-0.1, -0.05) is 0 Å². The second-order valence-corrected chi connectivity index (χ2v) is 7.87. The average Bonchev–Trinajstić information content (AvgIpc) is 2.85. The van der Waals surface area contributed by atoms with E-state index in [1.54, 1.807) is 36.5 Å². The number of nitrogens with zero attached hydrogens (tertiary/aromatic N) is 2. The van der Waals surface area contributed by atoms with Gasteiger partial charge < -0.3 is 33.5 Å². The summed E-state index contributed by atoms with van der Waals surface area (Å²) in [6, 6.07) is 8.48. The molecule has 1 fully saturated rings. The summed E-state index contributed by atoms with van der Waals surface area (Å²) in [5, 5.41) is 9.27. The number of rotatable bonds is 9. The Hall–Kier alpha value is -3.61. The van der Waals surface area contributed by atoms with Gasteiger partial charge in [0.2, 0.25) is 0 Å². The van der Waals surface area contributed by atoms with Crippen LogP contribution in [0.1, 0.15) is 26.5 Å². The number of ether oxygens (including phenoxy) is 6. The van der Waals surface area contributed by atoms with E-state index in [0.29, 0.717) is 22.8 Å². The van der Waals surface area contributed by atoms with Gasteiger partial charge in [-0.3, -0.25) is 14.4 Å². The molecule has 12 nitrogen and oxygen atoms in total. The van der Waals surface area contributed by atoms with Gasteiger partial charge in [0.1, 0.15) is 18.5 Å². The molecule has 0 spiro atoms. The van der Waals surface area contributed by atoms with E-state index in [4.69, 9.17) is 28.4 Å². The van der Waals surface area contributed by atoms with Crippen molar-refractivity contribution in [3.63, 3.8) is 0 Å². The molecule has 194 valence electrons. The van der Waals surface area contributed by atoms with Crippen LogP contribution >= 0.6 is 0 Å². The number of hydrogen-bond donors (Lipinski definition) is 1. The van der Waals surface area contributed by atoms with E-state index in [1.807, 2.05) is 0 Å². The molecule has 1 aliphatic rings. The Morgan fingerprint density at radius 2 is 1.53 bits per heavy atom. The summed E-state index contributed by atoms with van der Waals surface area (Å²) in [6.07, 6.45) is -4.00. The van der Waals surface area contributed by atoms with Gasteiger partial charge in [-0.25, -0.2) is 9.97 Å². The Morgan fingerprint density at radius 1 is 0.917 bits per heavy atom. The second kappa shape index (κ2) is 12.4.